The molecule has 1 fully saturated rings. The molecular weight excluding hydrogens is 124 g/mol. The van der Waals surface area contributed by atoms with Crippen LogP contribution in [-0.4, -0.2) is 24.7 Å². The first kappa shape index (κ1) is 7.35. The minimum atomic E-state index is 0.969. The van der Waals surface area contributed by atoms with Crippen LogP contribution >= 0.6 is 0 Å². The quantitative estimate of drug-likeness (QED) is 0.584. The van der Waals surface area contributed by atoms with Gasteiger partial charge in [-0.3, -0.25) is 5.32 Å². The highest BCUT2D eigenvalue weighted by atomic mass is 15.3. The van der Waals surface area contributed by atoms with E-state index < -0.39 is 0 Å². The van der Waals surface area contributed by atoms with Crippen LogP contribution in [0, 0.1) is 0 Å². The standard InChI is InChI=1S/C8H14N2/c1-2-3-4-6-10-7-5-9-8-10/h2,4,6,9H,1,3,5,7-8H2/b6-4+. The zero-order valence-corrected chi connectivity index (χ0v) is 6.21. The van der Waals surface area contributed by atoms with Gasteiger partial charge in [0.2, 0.25) is 0 Å². The van der Waals surface area contributed by atoms with E-state index in [2.05, 4.69) is 29.1 Å². The molecule has 0 atom stereocenters. The molecule has 0 unspecified atom stereocenters. The van der Waals surface area contributed by atoms with Crippen molar-refractivity contribution >= 4 is 0 Å². The molecule has 56 valence electrons. The predicted molar refractivity (Wildman–Crippen MR) is 43.5 cm³/mol. The van der Waals surface area contributed by atoms with Gasteiger partial charge < -0.3 is 4.90 Å². The highest BCUT2D eigenvalue weighted by Gasteiger charge is 2.03. The molecule has 2 heteroatoms. The molecule has 0 bridgehead atoms. The van der Waals surface area contributed by atoms with Gasteiger partial charge in [0.05, 0.1) is 6.67 Å². The van der Waals surface area contributed by atoms with Crippen LogP contribution in [0.4, 0.5) is 0 Å². The number of hydrogen-bond donors (Lipinski definition) is 1. The van der Waals surface area contributed by atoms with Gasteiger partial charge in [0.1, 0.15) is 0 Å². The number of hydrogen-bond acceptors (Lipinski definition) is 2. The lowest BCUT2D eigenvalue weighted by Gasteiger charge is -2.08. The van der Waals surface area contributed by atoms with Crippen molar-refractivity contribution in [1.29, 1.82) is 0 Å². The molecule has 1 aliphatic heterocycles. The lowest BCUT2D eigenvalue weighted by atomic mass is 10.4. The Bertz CT molecular complexity index is 123. The van der Waals surface area contributed by atoms with Gasteiger partial charge in [0.15, 0.2) is 0 Å². The van der Waals surface area contributed by atoms with Crippen LogP contribution < -0.4 is 5.32 Å². The van der Waals surface area contributed by atoms with Crippen molar-refractivity contribution in [3.63, 3.8) is 0 Å². The normalized spacial score (nSPS) is 18.6. The molecule has 0 aromatic heterocycles. The van der Waals surface area contributed by atoms with Gasteiger partial charge in [0, 0.05) is 13.1 Å². The van der Waals surface area contributed by atoms with Crippen LogP contribution in [-0.2, 0) is 0 Å². The molecule has 2 nitrogen and oxygen atoms in total. The average Bonchev–Trinajstić information content (AvgIpc) is 2.41. The van der Waals surface area contributed by atoms with Crippen molar-refractivity contribution in [1.82, 2.24) is 10.2 Å². The largest absolute Gasteiger partial charge is 0.364 e. The summed E-state index contributed by atoms with van der Waals surface area (Å²) in [4.78, 5) is 2.25. The van der Waals surface area contributed by atoms with Gasteiger partial charge in [0.25, 0.3) is 0 Å². The fourth-order valence-corrected chi connectivity index (χ4v) is 0.958. The second kappa shape index (κ2) is 4.12. The summed E-state index contributed by atoms with van der Waals surface area (Å²) in [5.74, 6) is 0. The number of nitrogens with zero attached hydrogens (tertiary/aromatic N) is 1. The second-order valence-corrected chi connectivity index (χ2v) is 2.38. The predicted octanol–water partition coefficient (Wildman–Crippen LogP) is 0.939. The molecule has 1 N–H and O–H groups in total. The zero-order chi connectivity index (χ0) is 7.23. The van der Waals surface area contributed by atoms with Crippen molar-refractivity contribution in [3.05, 3.63) is 24.9 Å². The van der Waals surface area contributed by atoms with Crippen molar-refractivity contribution in [2.75, 3.05) is 19.8 Å². The fraction of sp³-hybridized carbons (Fsp3) is 0.500. The van der Waals surface area contributed by atoms with E-state index in [9.17, 15) is 0 Å². The summed E-state index contributed by atoms with van der Waals surface area (Å²) in [5, 5.41) is 3.25. The van der Waals surface area contributed by atoms with Gasteiger partial charge in [-0.05, 0) is 12.6 Å². The van der Waals surface area contributed by atoms with Crippen LogP contribution in [0.5, 0.6) is 0 Å². The molecule has 0 aliphatic carbocycles. The summed E-state index contributed by atoms with van der Waals surface area (Å²) < 4.78 is 0. The minimum Gasteiger partial charge on any atom is -0.364 e. The van der Waals surface area contributed by atoms with E-state index in [1.54, 1.807) is 0 Å². The maximum absolute atomic E-state index is 3.64. The third kappa shape index (κ3) is 2.23. The Morgan fingerprint density at radius 1 is 1.60 bits per heavy atom. The summed E-state index contributed by atoms with van der Waals surface area (Å²) in [6.07, 6.45) is 7.12. The van der Waals surface area contributed by atoms with E-state index in [4.69, 9.17) is 0 Å². The molecule has 0 amide bonds. The SMILES string of the molecule is C=CC/C=C/N1CCNC1. The first-order chi connectivity index (χ1) is 4.93. The zero-order valence-electron chi connectivity index (χ0n) is 6.21. The Labute approximate surface area is 62.2 Å². The lowest BCUT2D eigenvalue weighted by molar-refractivity contribution is 0.460. The Kier molecular flexibility index (Phi) is 3.03. The van der Waals surface area contributed by atoms with E-state index in [1.807, 2.05) is 6.08 Å². The molecule has 0 radical (unpaired) electrons. The van der Waals surface area contributed by atoms with Crippen LogP contribution in [0.15, 0.2) is 24.9 Å². The first-order valence-electron chi connectivity index (χ1n) is 3.66. The molecule has 1 saturated heterocycles. The number of rotatable bonds is 3. The van der Waals surface area contributed by atoms with E-state index >= 15 is 0 Å². The number of allylic oxidation sites excluding steroid dienone is 2. The van der Waals surface area contributed by atoms with Gasteiger partial charge >= 0.3 is 0 Å². The smallest absolute Gasteiger partial charge is 0.0677 e. The molecule has 0 saturated carbocycles. The van der Waals surface area contributed by atoms with E-state index in [1.165, 1.54) is 0 Å². The molecule has 1 heterocycles. The van der Waals surface area contributed by atoms with Crippen LogP contribution in [0.25, 0.3) is 0 Å². The fourth-order valence-electron chi connectivity index (χ4n) is 0.958. The Morgan fingerprint density at radius 3 is 3.10 bits per heavy atom. The molecule has 0 aromatic rings. The van der Waals surface area contributed by atoms with Gasteiger partial charge in [-0.15, -0.1) is 6.58 Å². The van der Waals surface area contributed by atoms with Crippen LogP contribution in [0.2, 0.25) is 0 Å². The number of nitrogens with one attached hydrogen (secondary N) is 1. The van der Waals surface area contributed by atoms with Gasteiger partial charge in [-0.2, -0.15) is 0 Å². The Morgan fingerprint density at radius 2 is 2.50 bits per heavy atom. The lowest BCUT2D eigenvalue weighted by Crippen LogP contribution is -2.14. The molecule has 0 aromatic carbocycles. The Balaban J connectivity index is 2.16. The monoisotopic (exact) mass is 138 g/mol. The maximum atomic E-state index is 3.64. The summed E-state index contributed by atoms with van der Waals surface area (Å²) in [7, 11) is 0. The van der Waals surface area contributed by atoms with Crippen LogP contribution in [0.3, 0.4) is 0 Å². The summed E-state index contributed by atoms with van der Waals surface area (Å²) in [5.41, 5.74) is 0. The second-order valence-electron chi connectivity index (χ2n) is 2.38. The summed E-state index contributed by atoms with van der Waals surface area (Å²) >= 11 is 0. The average molecular weight is 138 g/mol. The Hall–Kier alpha value is -0.760. The van der Waals surface area contributed by atoms with Crippen molar-refractivity contribution in [3.8, 4) is 0 Å². The molecular formula is C8H14N2. The highest BCUT2D eigenvalue weighted by Crippen LogP contribution is 1.94. The third-order valence-electron chi connectivity index (χ3n) is 1.51. The highest BCUT2D eigenvalue weighted by molar-refractivity contribution is 4.89. The third-order valence-corrected chi connectivity index (χ3v) is 1.51. The minimum absolute atomic E-state index is 0.969. The van der Waals surface area contributed by atoms with Crippen molar-refractivity contribution in [2.45, 2.75) is 6.42 Å². The molecule has 10 heavy (non-hydrogen) atoms. The van der Waals surface area contributed by atoms with Crippen LogP contribution in [0.1, 0.15) is 6.42 Å². The summed E-state index contributed by atoms with van der Waals surface area (Å²) in [6.45, 7) is 6.88. The van der Waals surface area contributed by atoms with E-state index in [0.717, 1.165) is 26.2 Å². The van der Waals surface area contributed by atoms with E-state index in [0.29, 0.717) is 0 Å². The summed E-state index contributed by atoms with van der Waals surface area (Å²) in [6, 6.07) is 0. The first-order valence-corrected chi connectivity index (χ1v) is 3.66. The molecule has 0 spiro atoms. The molecule has 1 rings (SSSR count). The van der Waals surface area contributed by atoms with Gasteiger partial charge in [-0.1, -0.05) is 12.2 Å². The topological polar surface area (TPSA) is 15.3 Å². The van der Waals surface area contributed by atoms with Gasteiger partial charge in [-0.25, -0.2) is 0 Å². The maximum Gasteiger partial charge on any atom is 0.0677 e. The van der Waals surface area contributed by atoms with Crippen molar-refractivity contribution in [2.24, 2.45) is 0 Å². The molecule has 1 aliphatic rings. The van der Waals surface area contributed by atoms with E-state index in [-0.39, 0.29) is 0 Å². The van der Waals surface area contributed by atoms with Crippen molar-refractivity contribution < 1.29 is 0 Å².